The second kappa shape index (κ2) is 7.46. The van der Waals surface area contributed by atoms with Crippen LogP contribution in [0.15, 0.2) is 0 Å². The Morgan fingerprint density at radius 2 is 2.20 bits per heavy atom. The van der Waals surface area contributed by atoms with Gasteiger partial charge in [0.25, 0.3) is 0 Å². The van der Waals surface area contributed by atoms with Crippen LogP contribution in [0.1, 0.15) is 44.1 Å². The van der Waals surface area contributed by atoms with E-state index in [9.17, 15) is 0 Å². The van der Waals surface area contributed by atoms with Crippen molar-refractivity contribution < 1.29 is 0 Å². The molecule has 0 unspecified atom stereocenters. The van der Waals surface area contributed by atoms with E-state index < -0.39 is 0 Å². The zero-order chi connectivity index (χ0) is 14.4. The molecule has 1 heterocycles. The summed E-state index contributed by atoms with van der Waals surface area (Å²) < 4.78 is 4.00. The number of nitrogen functional groups attached to an aromatic ring is 1. The molecule has 0 saturated heterocycles. The average Bonchev–Trinajstić information content (AvgIpc) is 2.84. The van der Waals surface area contributed by atoms with Crippen molar-refractivity contribution in [1.82, 2.24) is 9.27 Å². The Balaban J connectivity index is 1.69. The lowest BCUT2D eigenvalue weighted by molar-refractivity contribution is 0.191. The van der Waals surface area contributed by atoms with Crippen molar-refractivity contribution in [3.05, 3.63) is 5.56 Å². The van der Waals surface area contributed by atoms with Gasteiger partial charge in [0.05, 0.1) is 0 Å². The van der Waals surface area contributed by atoms with Crippen LogP contribution in [-0.4, -0.2) is 35.5 Å². The molecule has 20 heavy (non-hydrogen) atoms. The molecule has 5 nitrogen and oxygen atoms in total. The molecule has 2 rings (SSSR count). The van der Waals surface area contributed by atoms with Crippen LogP contribution in [0.3, 0.4) is 0 Å². The highest BCUT2D eigenvalue weighted by Crippen LogP contribution is 2.25. The van der Waals surface area contributed by atoms with E-state index in [0.29, 0.717) is 11.4 Å². The molecule has 0 atom stereocenters. The van der Waals surface area contributed by atoms with Gasteiger partial charge in [0.15, 0.2) is 5.82 Å². The van der Waals surface area contributed by atoms with E-state index in [1.807, 2.05) is 0 Å². The normalized spacial score (nSPS) is 16.2. The van der Waals surface area contributed by atoms with Gasteiger partial charge in [-0.1, -0.05) is 19.3 Å². The van der Waals surface area contributed by atoms with Crippen LogP contribution < -0.4 is 11.1 Å². The monoisotopic (exact) mass is 293 g/mol. The Hall–Kier alpha value is -1.32. The number of aromatic nitrogens is 1. The zero-order valence-electron chi connectivity index (χ0n) is 12.1. The van der Waals surface area contributed by atoms with Gasteiger partial charge in [-0.05, 0) is 44.4 Å². The maximum atomic E-state index is 8.99. The summed E-state index contributed by atoms with van der Waals surface area (Å²) in [5.41, 5.74) is 6.11. The summed E-state index contributed by atoms with van der Waals surface area (Å²) in [5.74, 6) is 0.333. The Kier molecular flexibility index (Phi) is 5.62. The van der Waals surface area contributed by atoms with Crippen LogP contribution in [0, 0.1) is 11.3 Å². The molecular weight excluding hydrogens is 270 g/mol. The van der Waals surface area contributed by atoms with Crippen LogP contribution in [0.25, 0.3) is 0 Å². The quantitative estimate of drug-likeness (QED) is 0.788. The third-order valence-electron chi connectivity index (χ3n) is 4.00. The largest absolute Gasteiger partial charge is 0.382 e. The van der Waals surface area contributed by atoms with Gasteiger partial charge < -0.3 is 16.0 Å². The van der Waals surface area contributed by atoms with Crippen LogP contribution >= 0.6 is 11.5 Å². The second-order valence-corrected chi connectivity index (χ2v) is 6.21. The first-order chi connectivity index (χ1) is 9.72. The zero-order valence-corrected chi connectivity index (χ0v) is 12.9. The smallest absolute Gasteiger partial charge is 0.157 e. The standard InChI is InChI=1S/C14H23N5S/c1-19(11-6-3-2-4-7-11)9-5-8-17-14-12(10-15)13(16)18-20-14/h11,17H,2-9H2,1H3,(H2,16,18). The molecular formula is C14H23N5S. The lowest BCUT2D eigenvalue weighted by Gasteiger charge is -2.31. The Bertz CT molecular complexity index is 459. The minimum atomic E-state index is 0.333. The number of hydrogen-bond donors (Lipinski definition) is 2. The molecule has 1 saturated carbocycles. The molecule has 0 bridgehead atoms. The van der Waals surface area contributed by atoms with Crippen molar-refractivity contribution in [2.45, 2.75) is 44.6 Å². The topological polar surface area (TPSA) is 78.0 Å². The fourth-order valence-electron chi connectivity index (χ4n) is 2.77. The maximum absolute atomic E-state index is 8.99. The Labute approximate surface area is 124 Å². The average molecular weight is 293 g/mol. The summed E-state index contributed by atoms with van der Waals surface area (Å²) in [5, 5.41) is 13.1. The highest BCUT2D eigenvalue weighted by molar-refractivity contribution is 7.10. The molecule has 1 aromatic heterocycles. The minimum Gasteiger partial charge on any atom is -0.382 e. The van der Waals surface area contributed by atoms with Gasteiger partial charge in [0, 0.05) is 12.6 Å². The number of rotatable bonds is 6. The number of nitrogens with one attached hydrogen (secondary N) is 1. The van der Waals surface area contributed by atoms with Crippen LogP contribution in [0.2, 0.25) is 0 Å². The van der Waals surface area contributed by atoms with Gasteiger partial charge in [-0.3, -0.25) is 0 Å². The minimum absolute atomic E-state index is 0.333. The van der Waals surface area contributed by atoms with Crippen LogP contribution in [0.5, 0.6) is 0 Å². The summed E-state index contributed by atoms with van der Waals surface area (Å²) in [4.78, 5) is 2.48. The van der Waals surface area contributed by atoms with Crippen molar-refractivity contribution >= 4 is 22.4 Å². The number of hydrogen-bond acceptors (Lipinski definition) is 6. The molecule has 0 radical (unpaired) electrons. The fourth-order valence-corrected chi connectivity index (χ4v) is 3.45. The van der Waals surface area contributed by atoms with Crippen molar-refractivity contribution in [2.75, 3.05) is 31.2 Å². The van der Waals surface area contributed by atoms with Crippen molar-refractivity contribution in [1.29, 1.82) is 5.26 Å². The van der Waals surface area contributed by atoms with E-state index in [0.717, 1.165) is 30.6 Å². The number of nitrogens with zero attached hydrogens (tertiary/aromatic N) is 3. The summed E-state index contributed by atoms with van der Waals surface area (Å²) in [7, 11) is 2.22. The van der Waals surface area contributed by atoms with E-state index in [4.69, 9.17) is 11.0 Å². The van der Waals surface area contributed by atoms with Gasteiger partial charge in [-0.15, -0.1) is 0 Å². The molecule has 1 fully saturated rings. The van der Waals surface area contributed by atoms with Gasteiger partial charge in [0.1, 0.15) is 16.6 Å². The predicted molar refractivity (Wildman–Crippen MR) is 83.9 cm³/mol. The van der Waals surface area contributed by atoms with Gasteiger partial charge >= 0.3 is 0 Å². The van der Waals surface area contributed by atoms with Gasteiger partial charge in [0.2, 0.25) is 0 Å². The fraction of sp³-hybridized carbons (Fsp3) is 0.714. The van der Waals surface area contributed by atoms with E-state index >= 15 is 0 Å². The molecule has 0 amide bonds. The van der Waals surface area contributed by atoms with Gasteiger partial charge in [-0.25, -0.2) is 0 Å². The summed E-state index contributed by atoms with van der Waals surface area (Å²) in [6.45, 7) is 1.95. The summed E-state index contributed by atoms with van der Waals surface area (Å²) in [6.07, 6.45) is 7.89. The molecule has 0 aromatic carbocycles. The van der Waals surface area contributed by atoms with Crippen molar-refractivity contribution in [3.63, 3.8) is 0 Å². The lowest BCUT2D eigenvalue weighted by Crippen LogP contribution is -2.34. The number of nitrogens with two attached hydrogens (primary N) is 1. The second-order valence-electron chi connectivity index (χ2n) is 5.44. The number of anilines is 2. The van der Waals surface area contributed by atoms with Crippen LogP contribution in [0.4, 0.5) is 10.8 Å². The molecule has 6 heteroatoms. The highest BCUT2D eigenvalue weighted by Gasteiger charge is 2.17. The number of nitriles is 1. The van der Waals surface area contributed by atoms with Gasteiger partial charge in [-0.2, -0.15) is 9.64 Å². The van der Waals surface area contributed by atoms with E-state index in [1.165, 1.54) is 43.6 Å². The first-order valence-corrected chi connectivity index (χ1v) is 8.09. The van der Waals surface area contributed by atoms with Crippen molar-refractivity contribution in [2.24, 2.45) is 0 Å². The van der Waals surface area contributed by atoms with E-state index in [1.54, 1.807) is 0 Å². The molecule has 110 valence electrons. The predicted octanol–water partition coefficient (Wildman–Crippen LogP) is 2.66. The highest BCUT2D eigenvalue weighted by atomic mass is 32.1. The third-order valence-corrected chi connectivity index (χ3v) is 4.82. The Morgan fingerprint density at radius 3 is 2.90 bits per heavy atom. The first kappa shape index (κ1) is 15.1. The first-order valence-electron chi connectivity index (χ1n) is 7.31. The SMILES string of the molecule is CN(CCCNc1snc(N)c1C#N)C1CCCCC1. The summed E-state index contributed by atoms with van der Waals surface area (Å²) in [6, 6.07) is 2.86. The lowest BCUT2D eigenvalue weighted by atomic mass is 9.94. The van der Waals surface area contributed by atoms with Crippen LogP contribution in [-0.2, 0) is 0 Å². The summed E-state index contributed by atoms with van der Waals surface area (Å²) >= 11 is 1.27. The third kappa shape index (κ3) is 3.84. The molecule has 3 N–H and O–H groups in total. The van der Waals surface area contributed by atoms with E-state index in [2.05, 4.69) is 27.7 Å². The Morgan fingerprint density at radius 1 is 1.45 bits per heavy atom. The maximum Gasteiger partial charge on any atom is 0.157 e. The molecule has 0 spiro atoms. The van der Waals surface area contributed by atoms with Crippen molar-refractivity contribution in [3.8, 4) is 6.07 Å². The molecule has 0 aliphatic heterocycles. The van der Waals surface area contributed by atoms with E-state index in [-0.39, 0.29) is 0 Å². The molecule has 1 aromatic rings. The molecule has 1 aliphatic carbocycles. The molecule has 1 aliphatic rings.